The molecule has 0 radical (unpaired) electrons. The maximum Gasteiger partial charge on any atom is 0.416 e. The van der Waals surface area contributed by atoms with Gasteiger partial charge in [0, 0.05) is 30.4 Å². The predicted octanol–water partition coefficient (Wildman–Crippen LogP) is 2.12. The second-order valence-corrected chi connectivity index (χ2v) is 6.12. The quantitative estimate of drug-likeness (QED) is 0.816. The van der Waals surface area contributed by atoms with Gasteiger partial charge in [0.25, 0.3) is 0 Å². The zero-order chi connectivity index (χ0) is 19.8. The molecular weight excluding hydrogens is 367 g/mol. The Labute approximate surface area is 152 Å². The van der Waals surface area contributed by atoms with Crippen LogP contribution in [0, 0.1) is 6.92 Å². The molecule has 2 aromatic rings. The van der Waals surface area contributed by atoms with Crippen molar-refractivity contribution in [2.45, 2.75) is 19.2 Å². The van der Waals surface area contributed by atoms with Crippen molar-refractivity contribution in [3.05, 3.63) is 35.7 Å². The van der Waals surface area contributed by atoms with Crippen molar-refractivity contribution in [3.63, 3.8) is 0 Å². The molecule has 1 aromatic carbocycles. The van der Waals surface area contributed by atoms with Crippen molar-refractivity contribution in [3.8, 4) is 16.9 Å². The summed E-state index contributed by atoms with van der Waals surface area (Å²) in [6.07, 6.45) is -3.65. The Balaban J connectivity index is 2.00. The highest BCUT2D eigenvalue weighted by atomic mass is 19.4. The van der Waals surface area contributed by atoms with Crippen LogP contribution < -0.4 is 9.64 Å². The van der Waals surface area contributed by atoms with Crippen LogP contribution in [0.3, 0.4) is 0 Å². The number of carbonyl (C=O) groups is 1. The topological polar surface area (TPSA) is 95.8 Å². The summed E-state index contributed by atoms with van der Waals surface area (Å²) in [6.45, 7) is 1.69. The number of aliphatic hydroxyl groups excluding tert-OH is 1. The average Bonchev–Trinajstić information content (AvgIpc) is 2.56. The first kappa shape index (κ1) is 18.9. The molecule has 144 valence electrons. The lowest BCUT2D eigenvalue weighted by Gasteiger charge is -2.35. The fourth-order valence-corrected chi connectivity index (χ4v) is 2.67. The lowest BCUT2D eigenvalue weighted by Crippen LogP contribution is -2.51. The Kier molecular flexibility index (Phi) is 4.92. The van der Waals surface area contributed by atoms with E-state index in [1.54, 1.807) is 11.8 Å². The SMILES string of the molecule is Cc1nc(N2CC(O)C2)ncc1-c1cc(C(F)(F)F)ccc1OCC(=O)O. The van der Waals surface area contributed by atoms with Gasteiger partial charge in [0.1, 0.15) is 5.75 Å². The summed E-state index contributed by atoms with van der Waals surface area (Å²) >= 11 is 0. The molecular formula is C17H16F3N3O4. The highest BCUT2D eigenvalue weighted by Gasteiger charge is 2.32. The van der Waals surface area contributed by atoms with Crippen LogP contribution in [0.25, 0.3) is 11.1 Å². The van der Waals surface area contributed by atoms with E-state index in [1.807, 2.05) is 0 Å². The number of aromatic nitrogens is 2. The van der Waals surface area contributed by atoms with Gasteiger partial charge in [0.2, 0.25) is 5.95 Å². The van der Waals surface area contributed by atoms with E-state index >= 15 is 0 Å². The monoisotopic (exact) mass is 383 g/mol. The minimum atomic E-state index is -4.57. The Morgan fingerprint density at radius 2 is 2.04 bits per heavy atom. The van der Waals surface area contributed by atoms with Crippen LogP contribution in [0.2, 0.25) is 0 Å². The second-order valence-electron chi connectivity index (χ2n) is 6.12. The van der Waals surface area contributed by atoms with Crippen molar-refractivity contribution in [1.82, 2.24) is 9.97 Å². The van der Waals surface area contributed by atoms with Crippen LogP contribution in [0.15, 0.2) is 24.4 Å². The number of alkyl halides is 3. The molecule has 1 aliphatic rings. The lowest BCUT2D eigenvalue weighted by atomic mass is 10.0. The molecule has 2 heterocycles. The first-order valence-electron chi connectivity index (χ1n) is 7.98. The Morgan fingerprint density at radius 1 is 1.33 bits per heavy atom. The Hall–Kier alpha value is -2.88. The summed E-state index contributed by atoms with van der Waals surface area (Å²) in [4.78, 5) is 20.9. The molecule has 27 heavy (non-hydrogen) atoms. The summed E-state index contributed by atoms with van der Waals surface area (Å²) in [5.74, 6) is -0.897. The van der Waals surface area contributed by atoms with Crippen molar-refractivity contribution < 1.29 is 32.9 Å². The van der Waals surface area contributed by atoms with Crippen LogP contribution in [-0.2, 0) is 11.0 Å². The predicted molar refractivity (Wildman–Crippen MR) is 88.6 cm³/mol. The van der Waals surface area contributed by atoms with Crippen molar-refractivity contribution in [2.75, 3.05) is 24.6 Å². The van der Waals surface area contributed by atoms with E-state index in [4.69, 9.17) is 9.84 Å². The largest absolute Gasteiger partial charge is 0.481 e. The standard InChI is InChI=1S/C17H16F3N3O4/c1-9-13(5-21-16(22-9)23-6-11(24)7-23)12-4-10(17(18,19)20)2-3-14(12)27-8-15(25)26/h2-5,11,24H,6-8H2,1H3,(H,25,26). The number of hydrogen-bond donors (Lipinski definition) is 2. The van der Waals surface area contributed by atoms with Gasteiger partial charge in [-0.2, -0.15) is 13.2 Å². The van der Waals surface area contributed by atoms with Gasteiger partial charge in [-0.1, -0.05) is 0 Å². The molecule has 10 heteroatoms. The van der Waals surface area contributed by atoms with Crippen LogP contribution in [0.4, 0.5) is 19.1 Å². The third-order valence-electron chi connectivity index (χ3n) is 4.06. The molecule has 1 saturated heterocycles. The second kappa shape index (κ2) is 7.03. The number of carboxylic acids is 1. The molecule has 0 atom stereocenters. The average molecular weight is 383 g/mol. The fourth-order valence-electron chi connectivity index (χ4n) is 2.67. The van der Waals surface area contributed by atoms with Crippen LogP contribution in [0.5, 0.6) is 5.75 Å². The number of aliphatic hydroxyl groups is 1. The normalized spacial score (nSPS) is 14.8. The van der Waals surface area contributed by atoms with E-state index in [9.17, 15) is 23.1 Å². The van der Waals surface area contributed by atoms with Crippen molar-refractivity contribution in [2.24, 2.45) is 0 Å². The molecule has 7 nitrogen and oxygen atoms in total. The van der Waals surface area contributed by atoms with Gasteiger partial charge in [0.15, 0.2) is 6.61 Å². The number of ether oxygens (including phenoxy) is 1. The third kappa shape index (κ3) is 4.11. The van der Waals surface area contributed by atoms with Gasteiger partial charge in [-0.05, 0) is 25.1 Å². The molecule has 1 aromatic heterocycles. The first-order chi connectivity index (χ1) is 12.6. The molecule has 0 unspecified atom stereocenters. The van der Waals surface area contributed by atoms with Gasteiger partial charge in [-0.25, -0.2) is 14.8 Å². The molecule has 0 spiro atoms. The molecule has 3 rings (SSSR count). The zero-order valence-corrected chi connectivity index (χ0v) is 14.2. The molecule has 0 saturated carbocycles. The number of hydrogen-bond acceptors (Lipinski definition) is 6. The van der Waals surface area contributed by atoms with E-state index < -0.39 is 30.4 Å². The number of anilines is 1. The highest BCUT2D eigenvalue weighted by molar-refractivity contribution is 5.74. The van der Waals surface area contributed by atoms with E-state index in [0.29, 0.717) is 30.3 Å². The molecule has 1 fully saturated rings. The molecule has 0 amide bonds. The number of aryl methyl sites for hydroxylation is 1. The molecule has 2 N–H and O–H groups in total. The summed E-state index contributed by atoms with van der Waals surface area (Å²) in [5, 5.41) is 18.1. The number of halogens is 3. The number of β-amino-alcohol motifs (C(OH)–C–C–N with tert-alkyl or cyclic N) is 1. The van der Waals surface area contributed by atoms with Gasteiger partial charge >= 0.3 is 12.1 Å². The summed E-state index contributed by atoms with van der Waals surface area (Å²) in [7, 11) is 0. The van der Waals surface area contributed by atoms with Gasteiger partial charge < -0.3 is 19.8 Å². The van der Waals surface area contributed by atoms with Crippen LogP contribution in [-0.4, -0.2) is 52.0 Å². The summed E-state index contributed by atoms with van der Waals surface area (Å²) in [5.41, 5.74) is -0.138. The zero-order valence-electron chi connectivity index (χ0n) is 14.2. The molecule has 0 aliphatic carbocycles. The van der Waals surface area contributed by atoms with Crippen LogP contribution >= 0.6 is 0 Å². The Bertz CT molecular complexity index is 867. The minimum absolute atomic E-state index is 0.00998. The van der Waals surface area contributed by atoms with Gasteiger partial charge in [-0.15, -0.1) is 0 Å². The number of nitrogens with zero attached hydrogens (tertiary/aromatic N) is 3. The Morgan fingerprint density at radius 3 is 2.59 bits per heavy atom. The van der Waals surface area contributed by atoms with E-state index in [1.165, 1.54) is 6.20 Å². The lowest BCUT2D eigenvalue weighted by molar-refractivity contribution is -0.140. The van der Waals surface area contributed by atoms with Crippen LogP contribution in [0.1, 0.15) is 11.3 Å². The number of rotatable bonds is 5. The summed E-state index contributed by atoms with van der Waals surface area (Å²) < 4.78 is 44.4. The number of aliphatic carboxylic acids is 1. The van der Waals surface area contributed by atoms with Gasteiger partial charge in [-0.3, -0.25) is 0 Å². The van der Waals surface area contributed by atoms with Crippen molar-refractivity contribution >= 4 is 11.9 Å². The molecule has 1 aliphatic heterocycles. The van der Waals surface area contributed by atoms with E-state index in [0.717, 1.165) is 18.2 Å². The van der Waals surface area contributed by atoms with Gasteiger partial charge in [0.05, 0.1) is 17.4 Å². The van der Waals surface area contributed by atoms with E-state index in [-0.39, 0.29) is 11.3 Å². The smallest absolute Gasteiger partial charge is 0.416 e. The van der Waals surface area contributed by atoms with E-state index in [2.05, 4.69) is 9.97 Å². The first-order valence-corrected chi connectivity index (χ1v) is 7.98. The number of carboxylic acid groups (broad SMARTS) is 1. The maximum absolute atomic E-state index is 13.1. The fraction of sp³-hybridized carbons (Fsp3) is 0.353. The van der Waals surface area contributed by atoms with Crippen molar-refractivity contribution in [1.29, 1.82) is 0 Å². The molecule has 0 bridgehead atoms. The summed E-state index contributed by atoms with van der Waals surface area (Å²) in [6, 6.07) is 2.79. The third-order valence-corrected chi connectivity index (χ3v) is 4.06. The maximum atomic E-state index is 13.1. The minimum Gasteiger partial charge on any atom is -0.481 e. The highest BCUT2D eigenvalue weighted by Crippen LogP contribution is 2.38. The number of benzene rings is 1.